The van der Waals surface area contributed by atoms with Gasteiger partial charge in [0.2, 0.25) is 0 Å². The molecule has 0 atom stereocenters. The van der Waals surface area contributed by atoms with Crippen LogP contribution >= 0.6 is 23.8 Å². The molecule has 3 rings (SSSR count). The third-order valence-electron chi connectivity index (χ3n) is 3.57. The number of para-hydroxylation sites is 2. The Balaban J connectivity index is 1.66. The first kappa shape index (κ1) is 18.2. The van der Waals surface area contributed by atoms with Crippen molar-refractivity contribution in [1.29, 1.82) is 0 Å². The first-order valence-electron chi connectivity index (χ1n) is 8.22. The van der Waals surface area contributed by atoms with E-state index < -0.39 is 0 Å². The standard InChI is InChI=1S/C19H19ClN4OS/c1-2-25-17-11-7-6-10-16(17)21-19(26)22-18-15(20)13-24(23-18)12-14-8-4-3-5-9-14/h3-11,13H,2,12H2,1H3,(H2,21,22,23,26). The normalized spacial score (nSPS) is 10.4. The predicted molar refractivity (Wildman–Crippen MR) is 110 cm³/mol. The molecule has 0 fully saturated rings. The fourth-order valence-electron chi connectivity index (χ4n) is 2.45. The van der Waals surface area contributed by atoms with E-state index in [0.717, 1.165) is 17.0 Å². The second-order valence-corrected chi connectivity index (χ2v) is 6.33. The number of aromatic nitrogens is 2. The maximum absolute atomic E-state index is 6.28. The van der Waals surface area contributed by atoms with E-state index in [9.17, 15) is 0 Å². The largest absolute Gasteiger partial charge is 0.492 e. The SMILES string of the molecule is CCOc1ccccc1NC(=S)Nc1nn(Cc2ccccc2)cc1Cl. The molecule has 1 heterocycles. The van der Waals surface area contributed by atoms with E-state index in [1.807, 2.05) is 61.5 Å². The summed E-state index contributed by atoms with van der Waals surface area (Å²) in [5, 5.41) is 11.5. The van der Waals surface area contributed by atoms with E-state index in [1.165, 1.54) is 0 Å². The van der Waals surface area contributed by atoms with E-state index in [0.29, 0.717) is 29.1 Å². The fourth-order valence-corrected chi connectivity index (χ4v) is 2.85. The van der Waals surface area contributed by atoms with Crippen molar-refractivity contribution in [2.75, 3.05) is 17.2 Å². The summed E-state index contributed by atoms with van der Waals surface area (Å²) in [6, 6.07) is 17.7. The van der Waals surface area contributed by atoms with E-state index in [1.54, 1.807) is 10.9 Å². The highest BCUT2D eigenvalue weighted by Gasteiger charge is 2.10. The minimum absolute atomic E-state index is 0.393. The fraction of sp³-hybridized carbons (Fsp3) is 0.158. The first-order valence-corrected chi connectivity index (χ1v) is 9.01. The number of nitrogens with one attached hydrogen (secondary N) is 2. The van der Waals surface area contributed by atoms with Crippen molar-refractivity contribution >= 4 is 40.4 Å². The second-order valence-electron chi connectivity index (χ2n) is 5.52. The van der Waals surface area contributed by atoms with Gasteiger partial charge in [0, 0.05) is 6.20 Å². The number of ether oxygens (including phenoxy) is 1. The van der Waals surface area contributed by atoms with Crippen LogP contribution < -0.4 is 15.4 Å². The molecule has 26 heavy (non-hydrogen) atoms. The topological polar surface area (TPSA) is 51.1 Å². The number of nitrogens with zero attached hydrogens (tertiary/aromatic N) is 2. The number of hydrogen-bond donors (Lipinski definition) is 2. The molecule has 0 radical (unpaired) electrons. The molecule has 7 heteroatoms. The van der Waals surface area contributed by atoms with Crippen LogP contribution in [-0.2, 0) is 6.54 Å². The number of hydrogen-bond acceptors (Lipinski definition) is 3. The van der Waals surface area contributed by atoms with E-state index in [-0.39, 0.29) is 0 Å². The zero-order valence-electron chi connectivity index (χ0n) is 14.3. The Hall–Kier alpha value is -2.57. The lowest BCUT2D eigenvalue weighted by molar-refractivity contribution is 0.342. The van der Waals surface area contributed by atoms with Crippen LogP contribution in [0.3, 0.4) is 0 Å². The molecule has 0 saturated heterocycles. The number of halogens is 1. The average molecular weight is 387 g/mol. The molecule has 2 N–H and O–H groups in total. The lowest BCUT2D eigenvalue weighted by atomic mass is 10.2. The summed E-state index contributed by atoms with van der Waals surface area (Å²) in [7, 11) is 0. The van der Waals surface area contributed by atoms with E-state index >= 15 is 0 Å². The van der Waals surface area contributed by atoms with Gasteiger partial charge in [-0.2, -0.15) is 5.10 Å². The van der Waals surface area contributed by atoms with Gasteiger partial charge in [-0.15, -0.1) is 0 Å². The zero-order chi connectivity index (χ0) is 18.4. The van der Waals surface area contributed by atoms with Gasteiger partial charge in [0.15, 0.2) is 10.9 Å². The summed E-state index contributed by atoms with van der Waals surface area (Å²) >= 11 is 11.7. The molecular weight excluding hydrogens is 368 g/mol. The van der Waals surface area contributed by atoms with Crippen molar-refractivity contribution in [1.82, 2.24) is 9.78 Å². The molecule has 0 bridgehead atoms. The third-order valence-corrected chi connectivity index (χ3v) is 4.05. The Bertz CT molecular complexity index is 882. The van der Waals surface area contributed by atoms with Gasteiger partial charge in [0.25, 0.3) is 0 Å². The third kappa shape index (κ3) is 4.74. The summed E-state index contributed by atoms with van der Waals surface area (Å²) in [4.78, 5) is 0. The van der Waals surface area contributed by atoms with Crippen LogP contribution in [0.4, 0.5) is 11.5 Å². The Morgan fingerprint density at radius 1 is 1.12 bits per heavy atom. The highest BCUT2D eigenvalue weighted by Crippen LogP contribution is 2.25. The zero-order valence-corrected chi connectivity index (χ0v) is 15.8. The number of benzene rings is 2. The van der Waals surface area contributed by atoms with Gasteiger partial charge in [-0.25, -0.2) is 0 Å². The van der Waals surface area contributed by atoms with Gasteiger partial charge >= 0.3 is 0 Å². The number of rotatable bonds is 6. The summed E-state index contributed by atoms with van der Waals surface area (Å²) in [5.74, 6) is 1.24. The molecular formula is C19H19ClN4OS. The molecule has 0 aliphatic heterocycles. The maximum atomic E-state index is 6.28. The molecule has 0 aliphatic rings. The molecule has 0 amide bonds. The second kappa shape index (κ2) is 8.69. The van der Waals surface area contributed by atoms with Crippen LogP contribution in [0.15, 0.2) is 60.8 Å². The molecule has 3 aromatic rings. The lowest BCUT2D eigenvalue weighted by Gasteiger charge is -2.13. The van der Waals surface area contributed by atoms with E-state index in [2.05, 4.69) is 15.7 Å². The Kier molecular flexibility index (Phi) is 6.09. The van der Waals surface area contributed by atoms with Crippen molar-refractivity contribution < 1.29 is 4.74 Å². The van der Waals surface area contributed by atoms with E-state index in [4.69, 9.17) is 28.6 Å². The Morgan fingerprint density at radius 2 is 1.85 bits per heavy atom. The molecule has 2 aromatic carbocycles. The van der Waals surface area contributed by atoms with Crippen LogP contribution in [0.5, 0.6) is 5.75 Å². The van der Waals surface area contributed by atoms with Crippen LogP contribution in [-0.4, -0.2) is 21.5 Å². The van der Waals surface area contributed by atoms with Crippen molar-refractivity contribution in [3.05, 3.63) is 71.4 Å². The van der Waals surface area contributed by atoms with Gasteiger partial charge in [0.1, 0.15) is 10.8 Å². The molecule has 1 aromatic heterocycles. The van der Waals surface area contributed by atoms with Crippen molar-refractivity contribution in [3.8, 4) is 5.75 Å². The first-order chi connectivity index (χ1) is 12.7. The van der Waals surface area contributed by atoms with Crippen molar-refractivity contribution in [3.63, 3.8) is 0 Å². The van der Waals surface area contributed by atoms with Crippen LogP contribution in [0.1, 0.15) is 12.5 Å². The van der Waals surface area contributed by atoms with Crippen LogP contribution in [0.2, 0.25) is 5.02 Å². The molecule has 5 nitrogen and oxygen atoms in total. The van der Waals surface area contributed by atoms with Gasteiger partial charge in [-0.05, 0) is 36.8 Å². The number of thiocarbonyl (C=S) groups is 1. The Morgan fingerprint density at radius 3 is 2.62 bits per heavy atom. The quantitative estimate of drug-likeness (QED) is 0.596. The van der Waals surface area contributed by atoms with Gasteiger partial charge in [-0.3, -0.25) is 4.68 Å². The monoisotopic (exact) mass is 386 g/mol. The summed E-state index contributed by atoms with van der Waals surface area (Å²) in [6.45, 7) is 3.15. The summed E-state index contributed by atoms with van der Waals surface area (Å²) < 4.78 is 7.36. The van der Waals surface area contributed by atoms with Crippen LogP contribution in [0.25, 0.3) is 0 Å². The molecule has 0 aliphatic carbocycles. The summed E-state index contributed by atoms with van der Waals surface area (Å²) in [5.41, 5.74) is 1.93. The average Bonchev–Trinajstić information content (AvgIpc) is 2.96. The molecule has 0 spiro atoms. The van der Waals surface area contributed by atoms with Gasteiger partial charge in [0.05, 0.1) is 18.8 Å². The highest BCUT2D eigenvalue weighted by atomic mass is 35.5. The molecule has 0 unspecified atom stereocenters. The van der Waals surface area contributed by atoms with Crippen molar-refractivity contribution in [2.45, 2.75) is 13.5 Å². The minimum atomic E-state index is 0.393. The van der Waals surface area contributed by atoms with Gasteiger partial charge in [-0.1, -0.05) is 54.1 Å². The summed E-state index contributed by atoms with van der Waals surface area (Å²) in [6.07, 6.45) is 1.77. The smallest absolute Gasteiger partial charge is 0.176 e. The van der Waals surface area contributed by atoms with Crippen molar-refractivity contribution in [2.24, 2.45) is 0 Å². The maximum Gasteiger partial charge on any atom is 0.176 e. The number of anilines is 2. The lowest BCUT2D eigenvalue weighted by Crippen LogP contribution is -2.20. The predicted octanol–water partition coefficient (Wildman–Crippen LogP) is 4.79. The Labute approximate surface area is 162 Å². The molecule has 0 saturated carbocycles. The highest BCUT2D eigenvalue weighted by molar-refractivity contribution is 7.80. The van der Waals surface area contributed by atoms with Gasteiger partial charge < -0.3 is 15.4 Å². The van der Waals surface area contributed by atoms with Crippen LogP contribution in [0, 0.1) is 0 Å². The molecule has 134 valence electrons. The minimum Gasteiger partial charge on any atom is -0.492 e.